The Morgan fingerprint density at radius 1 is 1.25 bits per heavy atom. The van der Waals surface area contributed by atoms with Crippen molar-refractivity contribution < 1.29 is 4.52 Å². The van der Waals surface area contributed by atoms with Crippen molar-refractivity contribution >= 4 is 22.9 Å². The highest BCUT2D eigenvalue weighted by Gasteiger charge is 2.25. The van der Waals surface area contributed by atoms with Crippen LogP contribution < -0.4 is 0 Å². The first kappa shape index (κ1) is 15.7. The summed E-state index contributed by atoms with van der Waals surface area (Å²) >= 11 is 7.66. The summed E-state index contributed by atoms with van der Waals surface area (Å²) in [6.07, 6.45) is 5.56. The van der Waals surface area contributed by atoms with E-state index in [1.807, 2.05) is 18.2 Å². The second kappa shape index (κ2) is 7.01. The van der Waals surface area contributed by atoms with Crippen LogP contribution in [0, 0.1) is 0 Å². The molecule has 5 nitrogen and oxygen atoms in total. The molecule has 0 amide bonds. The quantitative estimate of drug-likeness (QED) is 0.697. The monoisotopic (exact) mass is 360 g/mol. The summed E-state index contributed by atoms with van der Waals surface area (Å²) in [5.74, 6) is 1.70. The maximum absolute atomic E-state index is 6.00. The standard InChI is InChI=1S/C17H17ClN4OS/c18-15-4-3-14(24-15)11-22-8-5-12(6-9-22)17-20-16(21-23-17)13-2-1-7-19-10-13/h1-4,7,10,12H,5-6,8-9,11H2. The molecule has 1 fully saturated rings. The van der Waals surface area contributed by atoms with Gasteiger partial charge in [-0.05, 0) is 50.2 Å². The van der Waals surface area contributed by atoms with E-state index in [-0.39, 0.29) is 0 Å². The molecule has 0 aliphatic carbocycles. The van der Waals surface area contributed by atoms with Gasteiger partial charge in [-0.1, -0.05) is 16.8 Å². The van der Waals surface area contributed by atoms with Crippen LogP contribution in [0.4, 0.5) is 0 Å². The molecule has 4 heterocycles. The molecule has 0 spiro atoms. The number of nitrogens with zero attached hydrogens (tertiary/aromatic N) is 4. The third-order valence-electron chi connectivity index (χ3n) is 4.31. The average Bonchev–Trinajstić information content (AvgIpc) is 3.26. The lowest BCUT2D eigenvalue weighted by atomic mass is 9.97. The lowest BCUT2D eigenvalue weighted by molar-refractivity contribution is 0.189. The Bertz CT molecular complexity index is 796. The zero-order valence-electron chi connectivity index (χ0n) is 13.1. The molecule has 0 N–H and O–H groups in total. The number of hydrogen-bond acceptors (Lipinski definition) is 6. The Kier molecular flexibility index (Phi) is 4.60. The van der Waals surface area contributed by atoms with Gasteiger partial charge in [0.1, 0.15) is 0 Å². The van der Waals surface area contributed by atoms with Gasteiger partial charge in [-0.15, -0.1) is 11.3 Å². The van der Waals surface area contributed by atoms with Gasteiger partial charge >= 0.3 is 0 Å². The Labute approximate surface area is 149 Å². The molecule has 0 aromatic carbocycles. The Morgan fingerprint density at radius 3 is 2.83 bits per heavy atom. The molecule has 124 valence electrons. The number of likely N-dealkylation sites (tertiary alicyclic amines) is 1. The van der Waals surface area contributed by atoms with Gasteiger partial charge in [-0.2, -0.15) is 4.98 Å². The fourth-order valence-electron chi connectivity index (χ4n) is 3.01. The summed E-state index contributed by atoms with van der Waals surface area (Å²) < 4.78 is 6.35. The van der Waals surface area contributed by atoms with Gasteiger partial charge < -0.3 is 4.52 Å². The fourth-order valence-corrected chi connectivity index (χ4v) is 4.14. The number of halogens is 1. The van der Waals surface area contributed by atoms with E-state index in [2.05, 4.69) is 26.1 Å². The molecule has 0 radical (unpaired) electrons. The zero-order chi connectivity index (χ0) is 16.4. The maximum atomic E-state index is 6.00. The summed E-state index contributed by atoms with van der Waals surface area (Å²) in [5, 5.41) is 4.10. The Hall–Kier alpha value is -1.76. The molecule has 1 saturated heterocycles. The SMILES string of the molecule is Clc1ccc(CN2CCC(c3nc(-c4cccnc4)no3)CC2)s1. The van der Waals surface area contributed by atoms with Crippen LogP contribution in [-0.2, 0) is 6.54 Å². The van der Waals surface area contributed by atoms with Crippen LogP contribution in [0.25, 0.3) is 11.4 Å². The highest BCUT2D eigenvalue weighted by atomic mass is 35.5. The van der Waals surface area contributed by atoms with Gasteiger partial charge in [0.15, 0.2) is 0 Å². The molecule has 7 heteroatoms. The third-order valence-corrected chi connectivity index (χ3v) is 5.52. The predicted molar refractivity (Wildman–Crippen MR) is 94.1 cm³/mol. The minimum Gasteiger partial charge on any atom is -0.339 e. The van der Waals surface area contributed by atoms with Crippen molar-refractivity contribution in [2.45, 2.75) is 25.3 Å². The molecule has 0 unspecified atom stereocenters. The molecule has 3 aromatic heterocycles. The van der Waals surface area contributed by atoms with Gasteiger partial charge in [0, 0.05) is 35.3 Å². The highest BCUT2D eigenvalue weighted by Crippen LogP contribution is 2.30. The molecule has 4 rings (SSSR count). The predicted octanol–water partition coefficient (Wildman–Crippen LogP) is 4.23. The second-order valence-electron chi connectivity index (χ2n) is 5.95. The first-order valence-corrected chi connectivity index (χ1v) is 9.18. The fraction of sp³-hybridized carbons (Fsp3) is 0.353. The van der Waals surface area contributed by atoms with E-state index in [9.17, 15) is 0 Å². The smallest absolute Gasteiger partial charge is 0.230 e. The van der Waals surface area contributed by atoms with E-state index in [0.29, 0.717) is 11.7 Å². The van der Waals surface area contributed by atoms with Crippen molar-refractivity contribution in [2.75, 3.05) is 13.1 Å². The van der Waals surface area contributed by atoms with E-state index >= 15 is 0 Å². The van der Waals surface area contributed by atoms with E-state index < -0.39 is 0 Å². The average molecular weight is 361 g/mol. The molecule has 0 saturated carbocycles. The van der Waals surface area contributed by atoms with Crippen molar-refractivity contribution in [3.05, 3.63) is 51.8 Å². The van der Waals surface area contributed by atoms with Crippen LogP contribution in [0.15, 0.2) is 41.2 Å². The summed E-state index contributed by atoms with van der Waals surface area (Å²) in [6, 6.07) is 7.89. The summed E-state index contributed by atoms with van der Waals surface area (Å²) in [7, 11) is 0. The van der Waals surface area contributed by atoms with Gasteiger partial charge in [0.05, 0.1) is 4.34 Å². The van der Waals surface area contributed by atoms with Crippen LogP contribution in [0.5, 0.6) is 0 Å². The minimum atomic E-state index is 0.339. The largest absolute Gasteiger partial charge is 0.339 e. The second-order valence-corrected chi connectivity index (χ2v) is 7.75. The van der Waals surface area contributed by atoms with E-state index in [1.54, 1.807) is 23.7 Å². The van der Waals surface area contributed by atoms with Gasteiger partial charge in [-0.3, -0.25) is 9.88 Å². The topological polar surface area (TPSA) is 55.1 Å². The van der Waals surface area contributed by atoms with E-state index in [0.717, 1.165) is 48.3 Å². The summed E-state index contributed by atoms with van der Waals surface area (Å²) in [6.45, 7) is 3.03. The first-order chi connectivity index (χ1) is 11.8. The third kappa shape index (κ3) is 3.50. The number of rotatable bonds is 4. The van der Waals surface area contributed by atoms with Crippen molar-refractivity contribution in [3.8, 4) is 11.4 Å². The van der Waals surface area contributed by atoms with Crippen LogP contribution in [0.1, 0.15) is 29.5 Å². The van der Waals surface area contributed by atoms with E-state index in [1.165, 1.54) is 4.88 Å². The number of thiophene rings is 1. The highest BCUT2D eigenvalue weighted by molar-refractivity contribution is 7.16. The number of aromatic nitrogens is 3. The molecule has 0 atom stereocenters. The normalized spacial score (nSPS) is 16.5. The first-order valence-electron chi connectivity index (χ1n) is 7.98. The van der Waals surface area contributed by atoms with Crippen molar-refractivity contribution in [3.63, 3.8) is 0 Å². The van der Waals surface area contributed by atoms with Gasteiger partial charge in [0.25, 0.3) is 0 Å². The van der Waals surface area contributed by atoms with Crippen LogP contribution in [-0.4, -0.2) is 33.1 Å². The summed E-state index contributed by atoms with van der Waals surface area (Å²) in [5.41, 5.74) is 0.888. The minimum absolute atomic E-state index is 0.339. The van der Waals surface area contributed by atoms with Crippen molar-refractivity contribution in [1.82, 2.24) is 20.0 Å². The van der Waals surface area contributed by atoms with Crippen molar-refractivity contribution in [2.24, 2.45) is 0 Å². The Morgan fingerprint density at radius 2 is 2.12 bits per heavy atom. The summed E-state index contributed by atoms with van der Waals surface area (Å²) in [4.78, 5) is 12.4. The molecule has 24 heavy (non-hydrogen) atoms. The molecule has 1 aliphatic rings. The van der Waals surface area contributed by atoms with Crippen molar-refractivity contribution in [1.29, 1.82) is 0 Å². The molecule has 3 aromatic rings. The van der Waals surface area contributed by atoms with E-state index in [4.69, 9.17) is 16.1 Å². The number of piperidine rings is 1. The van der Waals surface area contributed by atoms with Gasteiger partial charge in [-0.25, -0.2) is 0 Å². The zero-order valence-corrected chi connectivity index (χ0v) is 14.6. The molecular weight excluding hydrogens is 344 g/mol. The van der Waals surface area contributed by atoms with Crippen LogP contribution in [0.3, 0.4) is 0 Å². The van der Waals surface area contributed by atoms with Gasteiger partial charge in [0.2, 0.25) is 11.7 Å². The lowest BCUT2D eigenvalue weighted by Crippen LogP contribution is -2.32. The molecule has 0 bridgehead atoms. The maximum Gasteiger partial charge on any atom is 0.230 e. The van der Waals surface area contributed by atoms with Crippen LogP contribution >= 0.6 is 22.9 Å². The Balaban J connectivity index is 1.37. The molecule has 1 aliphatic heterocycles. The lowest BCUT2D eigenvalue weighted by Gasteiger charge is -2.29. The van der Waals surface area contributed by atoms with Crippen LogP contribution in [0.2, 0.25) is 4.34 Å². The number of pyridine rings is 1. The number of hydrogen-bond donors (Lipinski definition) is 0. The molecular formula is C17H17ClN4OS.